The van der Waals surface area contributed by atoms with E-state index in [0.717, 1.165) is 5.69 Å². The number of rotatable bonds is 6. The molecule has 0 aliphatic carbocycles. The molecule has 39 heavy (non-hydrogen) atoms. The van der Waals surface area contributed by atoms with Crippen LogP contribution in [0.25, 0.3) is 0 Å². The molecule has 1 aliphatic rings. The second kappa shape index (κ2) is 11.8. The number of anilines is 3. The lowest BCUT2D eigenvalue weighted by Gasteiger charge is -2.45. The van der Waals surface area contributed by atoms with Crippen LogP contribution >= 0.6 is 15.9 Å². The van der Waals surface area contributed by atoms with Crippen molar-refractivity contribution in [2.24, 2.45) is 0 Å². The van der Waals surface area contributed by atoms with Crippen molar-refractivity contribution in [3.63, 3.8) is 0 Å². The predicted octanol–water partition coefficient (Wildman–Crippen LogP) is 5.57. The average Bonchev–Trinajstić information content (AvgIpc) is 2.78. The van der Waals surface area contributed by atoms with E-state index in [1.807, 2.05) is 26.8 Å². The number of amides is 2. The lowest BCUT2D eigenvalue weighted by Crippen LogP contribution is -2.57. The molecule has 2 aromatic heterocycles. The summed E-state index contributed by atoms with van der Waals surface area (Å²) >= 11 is 3.29. The van der Waals surface area contributed by atoms with Gasteiger partial charge in [-0.05, 0) is 79.5 Å². The van der Waals surface area contributed by atoms with Gasteiger partial charge >= 0.3 is 6.09 Å². The van der Waals surface area contributed by atoms with Crippen LogP contribution in [0.2, 0.25) is 18.1 Å². The maximum absolute atomic E-state index is 13.1. The van der Waals surface area contributed by atoms with Crippen LogP contribution in [0.5, 0.6) is 0 Å². The standard InChI is InChI=1S/C27H41BrN6O4Si/c1-26(2,3)37-25(36)31-17-13-18(38-39(7,8)27(4,5)6)16-34(15-17)21-11-12-30-14-20(21)32-24(35)23-19(29)9-10-22(28)33-23/h9-12,14,17-18H,13,15-16,29H2,1-8H3,(H,31,36)(H,32,35)/t17-,18+/m0/s1. The van der Waals surface area contributed by atoms with Crippen molar-refractivity contribution in [1.29, 1.82) is 0 Å². The highest BCUT2D eigenvalue weighted by Gasteiger charge is 2.41. The monoisotopic (exact) mass is 620 g/mol. The molecule has 0 spiro atoms. The van der Waals surface area contributed by atoms with Crippen molar-refractivity contribution in [3.05, 3.63) is 40.9 Å². The fourth-order valence-electron chi connectivity index (χ4n) is 4.08. The van der Waals surface area contributed by atoms with Gasteiger partial charge in [-0.1, -0.05) is 20.8 Å². The summed E-state index contributed by atoms with van der Waals surface area (Å²) in [5.74, 6) is -0.447. The fraction of sp³-hybridized carbons (Fsp3) is 0.556. The highest BCUT2D eigenvalue weighted by molar-refractivity contribution is 9.10. The second-order valence-corrected chi connectivity index (χ2v) is 18.0. The minimum Gasteiger partial charge on any atom is -0.444 e. The Bertz CT molecular complexity index is 1200. The molecule has 3 heterocycles. The van der Waals surface area contributed by atoms with Gasteiger partial charge in [0.15, 0.2) is 14.0 Å². The summed E-state index contributed by atoms with van der Waals surface area (Å²) < 4.78 is 12.8. The number of carbonyl (C=O) groups excluding carboxylic acids is 2. The van der Waals surface area contributed by atoms with E-state index in [1.165, 1.54) is 0 Å². The van der Waals surface area contributed by atoms with Gasteiger partial charge in [0.1, 0.15) is 10.2 Å². The molecule has 0 aromatic carbocycles. The number of pyridine rings is 2. The van der Waals surface area contributed by atoms with Crippen molar-refractivity contribution < 1.29 is 18.8 Å². The van der Waals surface area contributed by atoms with Crippen LogP contribution in [-0.2, 0) is 9.16 Å². The maximum Gasteiger partial charge on any atom is 0.407 e. The van der Waals surface area contributed by atoms with E-state index in [9.17, 15) is 9.59 Å². The molecule has 1 aliphatic heterocycles. The fourth-order valence-corrected chi connectivity index (χ4v) is 5.74. The highest BCUT2D eigenvalue weighted by Crippen LogP contribution is 2.39. The first-order chi connectivity index (χ1) is 17.9. The number of hydrogen-bond acceptors (Lipinski definition) is 8. The lowest BCUT2D eigenvalue weighted by atomic mass is 10.0. The number of nitrogens with zero attached hydrogens (tertiary/aromatic N) is 3. The molecule has 3 rings (SSSR count). The Morgan fingerprint density at radius 2 is 1.82 bits per heavy atom. The number of nitrogen functional groups attached to an aromatic ring is 1. The van der Waals surface area contributed by atoms with E-state index in [-0.39, 0.29) is 28.6 Å². The minimum absolute atomic E-state index is 0.0239. The summed E-state index contributed by atoms with van der Waals surface area (Å²) in [6.45, 7) is 17.6. The van der Waals surface area contributed by atoms with Crippen LogP contribution in [0.3, 0.4) is 0 Å². The normalized spacial score (nSPS) is 18.4. The lowest BCUT2D eigenvalue weighted by molar-refractivity contribution is 0.0477. The van der Waals surface area contributed by atoms with Crippen molar-refractivity contribution in [1.82, 2.24) is 15.3 Å². The number of aromatic nitrogens is 2. The highest BCUT2D eigenvalue weighted by atomic mass is 79.9. The minimum atomic E-state index is -2.11. The molecule has 2 atom stereocenters. The molecular weight excluding hydrogens is 580 g/mol. The molecule has 1 fully saturated rings. The molecule has 0 unspecified atom stereocenters. The van der Waals surface area contributed by atoms with Crippen LogP contribution in [0.4, 0.5) is 21.9 Å². The topological polar surface area (TPSA) is 132 Å². The molecule has 12 heteroatoms. The molecule has 214 valence electrons. The van der Waals surface area contributed by atoms with Crippen LogP contribution in [0, 0.1) is 0 Å². The Morgan fingerprint density at radius 1 is 1.13 bits per heavy atom. The third kappa shape index (κ3) is 8.39. The Labute approximate surface area is 240 Å². The molecule has 10 nitrogen and oxygen atoms in total. The van der Waals surface area contributed by atoms with Gasteiger partial charge in [0.05, 0.1) is 35.4 Å². The first kappa shape index (κ1) is 30.8. The Kier molecular flexibility index (Phi) is 9.34. The average molecular weight is 622 g/mol. The number of alkyl carbamates (subject to hydrolysis) is 1. The van der Waals surface area contributed by atoms with Gasteiger partial charge in [0, 0.05) is 19.3 Å². The molecule has 0 saturated carbocycles. The molecular formula is C27H41BrN6O4Si. The number of nitrogens with two attached hydrogens (primary N) is 1. The number of ether oxygens (including phenoxy) is 1. The first-order valence-electron chi connectivity index (χ1n) is 13.0. The smallest absolute Gasteiger partial charge is 0.407 e. The molecule has 1 saturated heterocycles. The SMILES string of the molecule is CC(C)(C)OC(=O)N[C@H]1C[C@@H](O[Si](C)(C)C(C)(C)C)CN(c2ccncc2NC(=O)c2nc(Br)ccc2N)C1. The zero-order chi connectivity index (χ0) is 29.2. The first-order valence-corrected chi connectivity index (χ1v) is 16.7. The van der Waals surface area contributed by atoms with E-state index in [0.29, 0.717) is 29.8 Å². The van der Waals surface area contributed by atoms with Crippen LogP contribution in [0.15, 0.2) is 35.2 Å². The summed E-state index contributed by atoms with van der Waals surface area (Å²) in [5.41, 5.74) is 7.04. The van der Waals surface area contributed by atoms with Crippen LogP contribution in [-0.4, -0.2) is 61.1 Å². The Morgan fingerprint density at radius 3 is 2.46 bits per heavy atom. The molecule has 2 amide bonds. The van der Waals surface area contributed by atoms with Crippen molar-refractivity contribution in [2.75, 3.05) is 29.0 Å². The summed E-state index contributed by atoms with van der Waals surface area (Å²) in [5, 5.41) is 5.97. The largest absolute Gasteiger partial charge is 0.444 e. The molecule has 0 bridgehead atoms. The van der Waals surface area contributed by atoms with Gasteiger partial charge in [-0.15, -0.1) is 0 Å². The molecule has 4 N–H and O–H groups in total. The van der Waals surface area contributed by atoms with E-state index >= 15 is 0 Å². The number of nitrogens with one attached hydrogen (secondary N) is 2. The van der Waals surface area contributed by atoms with Gasteiger partial charge in [0.2, 0.25) is 0 Å². The van der Waals surface area contributed by atoms with Gasteiger partial charge in [-0.25, -0.2) is 9.78 Å². The van der Waals surface area contributed by atoms with Crippen molar-refractivity contribution in [3.8, 4) is 0 Å². The number of halogens is 1. The van der Waals surface area contributed by atoms with Crippen molar-refractivity contribution >= 4 is 53.3 Å². The maximum atomic E-state index is 13.1. The Balaban J connectivity index is 1.89. The van der Waals surface area contributed by atoms with Crippen LogP contribution in [0.1, 0.15) is 58.5 Å². The predicted molar refractivity (Wildman–Crippen MR) is 161 cm³/mol. The molecule has 2 aromatic rings. The quantitative estimate of drug-likeness (QED) is 0.282. The zero-order valence-electron chi connectivity index (χ0n) is 24.1. The van der Waals surface area contributed by atoms with E-state index < -0.39 is 25.9 Å². The Hall–Kier alpha value is -2.70. The number of piperidine rings is 1. The zero-order valence-corrected chi connectivity index (χ0v) is 26.7. The van der Waals surface area contributed by atoms with Crippen LogP contribution < -0.4 is 21.3 Å². The van der Waals surface area contributed by atoms with Gasteiger partial charge in [-0.2, -0.15) is 0 Å². The van der Waals surface area contributed by atoms with Gasteiger partial charge in [-0.3, -0.25) is 9.78 Å². The third-order valence-corrected chi connectivity index (χ3v) is 11.9. The number of hydrogen-bond donors (Lipinski definition) is 3. The van der Waals surface area contributed by atoms with Gasteiger partial charge in [0.25, 0.3) is 5.91 Å². The van der Waals surface area contributed by atoms with E-state index in [4.69, 9.17) is 14.9 Å². The van der Waals surface area contributed by atoms with E-state index in [1.54, 1.807) is 24.5 Å². The summed E-state index contributed by atoms with van der Waals surface area (Å²) in [7, 11) is -2.11. The summed E-state index contributed by atoms with van der Waals surface area (Å²) in [6, 6.07) is 4.90. The van der Waals surface area contributed by atoms with Crippen molar-refractivity contribution in [2.45, 2.75) is 83.8 Å². The summed E-state index contributed by atoms with van der Waals surface area (Å²) in [4.78, 5) is 36.4. The molecule has 0 radical (unpaired) electrons. The van der Waals surface area contributed by atoms with Gasteiger partial charge < -0.3 is 30.4 Å². The number of carbonyl (C=O) groups is 2. The van der Waals surface area contributed by atoms with E-state index in [2.05, 4.69) is 75.3 Å². The summed E-state index contributed by atoms with van der Waals surface area (Å²) in [6.07, 6.45) is 3.30. The second-order valence-electron chi connectivity index (χ2n) is 12.4. The third-order valence-electron chi connectivity index (χ3n) is 6.90.